The average Bonchev–Trinajstić information content (AvgIpc) is 3.36. The molecule has 0 saturated heterocycles. The highest BCUT2D eigenvalue weighted by Crippen LogP contribution is 2.36. The van der Waals surface area contributed by atoms with Gasteiger partial charge < -0.3 is 4.42 Å². The predicted molar refractivity (Wildman–Crippen MR) is 154 cm³/mol. The number of aromatic nitrogens is 3. The smallest absolute Gasteiger partial charge is 0.164 e. The van der Waals surface area contributed by atoms with E-state index in [1.807, 2.05) is 97.1 Å². The highest BCUT2D eigenvalue weighted by atomic mass is 16.3. The molecule has 0 bridgehead atoms. The number of fused-ring (bicyclic) bond motifs is 3. The number of nitrogens with zero attached hydrogens (tertiary/aromatic N) is 3. The van der Waals surface area contributed by atoms with Crippen LogP contribution in [0.25, 0.3) is 67.2 Å². The maximum atomic E-state index is 6.30. The van der Waals surface area contributed by atoms with Gasteiger partial charge in [0, 0.05) is 33.0 Å². The zero-order valence-electron chi connectivity index (χ0n) is 20.4. The summed E-state index contributed by atoms with van der Waals surface area (Å²) < 4.78 is 6.30. The van der Waals surface area contributed by atoms with Crippen molar-refractivity contribution in [3.63, 3.8) is 0 Å². The van der Waals surface area contributed by atoms with Crippen molar-refractivity contribution in [1.82, 2.24) is 15.0 Å². The first-order valence-electron chi connectivity index (χ1n) is 12.4. The van der Waals surface area contributed by atoms with E-state index in [1.165, 1.54) is 0 Å². The fraction of sp³-hybridized carbons (Fsp3) is 0. The molecule has 2 radical (unpaired) electrons. The summed E-state index contributed by atoms with van der Waals surface area (Å²) in [6.45, 7) is 0. The summed E-state index contributed by atoms with van der Waals surface area (Å²) in [7, 11) is 6.06. The quantitative estimate of drug-likeness (QED) is 0.247. The molecule has 0 unspecified atom stereocenters. The minimum Gasteiger partial charge on any atom is -0.455 e. The molecular weight excluding hydrogens is 465 g/mol. The number of furan rings is 1. The van der Waals surface area contributed by atoms with Crippen molar-refractivity contribution in [1.29, 1.82) is 0 Å². The van der Waals surface area contributed by atoms with Crippen molar-refractivity contribution in [2.75, 3.05) is 0 Å². The molecule has 0 aliphatic heterocycles. The monoisotopic (exact) mass is 485 g/mol. The molecule has 0 aliphatic rings. The Morgan fingerprint density at radius 1 is 0.474 bits per heavy atom. The Hall–Kier alpha value is -5.03. The van der Waals surface area contributed by atoms with Crippen LogP contribution >= 0.6 is 0 Å². The van der Waals surface area contributed by atoms with E-state index in [9.17, 15) is 0 Å². The first-order chi connectivity index (χ1) is 18.7. The average molecular weight is 485 g/mol. The number of hydrogen-bond acceptors (Lipinski definition) is 4. The SMILES string of the molecule is [B]c1ccc2oc3c(-c4cccc(-c5nc(-c6ccccc6)nc(-c6ccccc6)n5)c4)cccc3c2c1. The second-order valence-corrected chi connectivity index (χ2v) is 9.16. The molecule has 0 atom stereocenters. The van der Waals surface area contributed by atoms with Gasteiger partial charge in [0.15, 0.2) is 17.5 Å². The van der Waals surface area contributed by atoms with Gasteiger partial charge in [0.05, 0.1) is 0 Å². The van der Waals surface area contributed by atoms with Crippen LogP contribution in [0.15, 0.2) is 126 Å². The van der Waals surface area contributed by atoms with Crippen molar-refractivity contribution in [3.05, 3.63) is 121 Å². The zero-order chi connectivity index (χ0) is 25.5. The first-order valence-corrected chi connectivity index (χ1v) is 12.4. The van der Waals surface area contributed by atoms with Crippen molar-refractivity contribution in [3.8, 4) is 45.3 Å². The lowest BCUT2D eigenvalue weighted by atomic mass is 9.94. The molecule has 0 amide bonds. The van der Waals surface area contributed by atoms with Crippen LogP contribution in [-0.2, 0) is 0 Å². The molecule has 0 N–H and O–H groups in total. The van der Waals surface area contributed by atoms with E-state index in [2.05, 4.69) is 24.3 Å². The fourth-order valence-electron chi connectivity index (χ4n) is 4.81. The number of para-hydroxylation sites is 1. The molecular formula is C33H20BN3O. The standard InChI is InChI=1S/C33H20BN3O/c34-25-17-18-29-28(20-25)27-16-8-15-26(30(27)38-29)23-13-7-14-24(19-23)33-36-31(21-9-3-1-4-10-21)35-32(37-33)22-11-5-2-6-12-22/h1-20H. The number of rotatable bonds is 4. The van der Waals surface area contributed by atoms with Crippen LogP contribution in [0.1, 0.15) is 0 Å². The number of benzene rings is 5. The highest BCUT2D eigenvalue weighted by molar-refractivity contribution is 6.33. The van der Waals surface area contributed by atoms with E-state index in [0.29, 0.717) is 22.9 Å². The van der Waals surface area contributed by atoms with E-state index < -0.39 is 0 Å². The van der Waals surface area contributed by atoms with Gasteiger partial charge in [-0.1, -0.05) is 115 Å². The van der Waals surface area contributed by atoms with E-state index >= 15 is 0 Å². The Balaban J connectivity index is 1.40. The second-order valence-electron chi connectivity index (χ2n) is 9.16. The predicted octanol–water partition coefficient (Wildman–Crippen LogP) is 7.23. The summed E-state index contributed by atoms with van der Waals surface area (Å²) >= 11 is 0. The molecule has 38 heavy (non-hydrogen) atoms. The molecule has 2 aromatic heterocycles. The van der Waals surface area contributed by atoms with Crippen molar-refractivity contribution < 1.29 is 4.42 Å². The summed E-state index contributed by atoms with van der Waals surface area (Å²) in [4.78, 5) is 14.6. The Kier molecular flexibility index (Phi) is 5.33. The molecule has 4 nitrogen and oxygen atoms in total. The van der Waals surface area contributed by atoms with Gasteiger partial charge in [-0.2, -0.15) is 0 Å². The first kappa shape index (κ1) is 22.2. The van der Waals surface area contributed by atoms with Crippen LogP contribution in [0.5, 0.6) is 0 Å². The Morgan fingerprint density at radius 3 is 1.74 bits per heavy atom. The molecule has 0 fully saturated rings. The van der Waals surface area contributed by atoms with Gasteiger partial charge in [0.25, 0.3) is 0 Å². The third-order valence-electron chi connectivity index (χ3n) is 6.65. The molecule has 2 heterocycles. The summed E-state index contributed by atoms with van der Waals surface area (Å²) in [5.74, 6) is 1.89. The van der Waals surface area contributed by atoms with Crippen LogP contribution < -0.4 is 5.46 Å². The lowest BCUT2D eigenvalue weighted by Crippen LogP contribution is -2.00. The van der Waals surface area contributed by atoms with Gasteiger partial charge >= 0.3 is 0 Å². The van der Waals surface area contributed by atoms with Gasteiger partial charge in [-0.25, -0.2) is 15.0 Å². The lowest BCUT2D eigenvalue weighted by Gasteiger charge is -2.10. The Morgan fingerprint density at radius 2 is 1.05 bits per heavy atom. The third-order valence-corrected chi connectivity index (χ3v) is 6.65. The van der Waals surface area contributed by atoms with Gasteiger partial charge in [0.1, 0.15) is 19.0 Å². The normalized spacial score (nSPS) is 11.3. The molecule has 0 aliphatic carbocycles. The largest absolute Gasteiger partial charge is 0.455 e. The van der Waals surface area contributed by atoms with Crippen molar-refractivity contribution >= 4 is 35.2 Å². The van der Waals surface area contributed by atoms with Crippen LogP contribution in [0.2, 0.25) is 0 Å². The summed E-state index contributed by atoms with van der Waals surface area (Å²) in [5.41, 5.74) is 7.16. The fourth-order valence-corrected chi connectivity index (χ4v) is 4.81. The summed E-state index contributed by atoms with van der Waals surface area (Å²) in [6.07, 6.45) is 0. The zero-order valence-corrected chi connectivity index (χ0v) is 20.4. The van der Waals surface area contributed by atoms with Gasteiger partial charge in [-0.15, -0.1) is 0 Å². The van der Waals surface area contributed by atoms with Crippen LogP contribution in [-0.4, -0.2) is 22.8 Å². The highest BCUT2D eigenvalue weighted by Gasteiger charge is 2.15. The maximum absolute atomic E-state index is 6.30. The molecule has 5 aromatic carbocycles. The lowest BCUT2D eigenvalue weighted by molar-refractivity contribution is 0.670. The summed E-state index contributed by atoms with van der Waals surface area (Å²) in [6, 6.07) is 40.2. The van der Waals surface area contributed by atoms with Crippen LogP contribution in [0.4, 0.5) is 0 Å². The van der Waals surface area contributed by atoms with Gasteiger partial charge in [-0.05, 0) is 17.7 Å². The van der Waals surface area contributed by atoms with Crippen molar-refractivity contribution in [2.45, 2.75) is 0 Å². The number of hydrogen-bond donors (Lipinski definition) is 0. The molecule has 7 aromatic rings. The molecule has 0 spiro atoms. The van der Waals surface area contributed by atoms with Gasteiger partial charge in [0.2, 0.25) is 0 Å². The molecule has 176 valence electrons. The maximum Gasteiger partial charge on any atom is 0.164 e. The Bertz CT molecular complexity index is 1870. The van der Waals surface area contributed by atoms with Crippen molar-refractivity contribution in [2.24, 2.45) is 0 Å². The second kappa shape index (κ2) is 9.13. The Labute approximate surface area is 221 Å². The molecule has 7 rings (SSSR count). The van der Waals surface area contributed by atoms with E-state index in [-0.39, 0.29) is 0 Å². The molecule has 0 saturated carbocycles. The van der Waals surface area contributed by atoms with Gasteiger partial charge in [-0.3, -0.25) is 0 Å². The van der Waals surface area contributed by atoms with E-state index in [4.69, 9.17) is 27.2 Å². The minimum absolute atomic E-state index is 0.615. The van der Waals surface area contributed by atoms with E-state index in [1.54, 1.807) is 0 Å². The van der Waals surface area contributed by atoms with Crippen LogP contribution in [0.3, 0.4) is 0 Å². The topological polar surface area (TPSA) is 51.8 Å². The third kappa shape index (κ3) is 3.95. The van der Waals surface area contributed by atoms with E-state index in [0.717, 1.165) is 49.8 Å². The van der Waals surface area contributed by atoms with Crippen LogP contribution in [0, 0.1) is 0 Å². The molecule has 5 heteroatoms. The minimum atomic E-state index is 0.615. The summed E-state index contributed by atoms with van der Waals surface area (Å²) in [5, 5.41) is 2.04.